The van der Waals surface area contributed by atoms with Gasteiger partial charge in [-0.3, -0.25) is 4.79 Å². The molecule has 0 saturated heterocycles. The molecular weight excluding hydrogens is 264 g/mol. The highest BCUT2D eigenvalue weighted by Crippen LogP contribution is 2.20. The predicted molar refractivity (Wildman–Crippen MR) is 75.0 cm³/mol. The number of rotatable bonds is 6. The quantitative estimate of drug-likeness (QED) is 0.589. The number of benzene rings is 1. The van der Waals surface area contributed by atoms with E-state index in [2.05, 4.69) is 0 Å². The Morgan fingerprint density at radius 2 is 1.84 bits per heavy atom. The van der Waals surface area contributed by atoms with Crippen LogP contribution in [0.5, 0.6) is 0 Å². The van der Waals surface area contributed by atoms with Gasteiger partial charge in [-0.1, -0.05) is 44.2 Å². The van der Waals surface area contributed by atoms with Crippen LogP contribution in [0.1, 0.15) is 31.7 Å². The van der Waals surface area contributed by atoms with Gasteiger partial charge in [0.25, 0.3) is 0 Å². The summed E-state index contributed by atoms with van der Waals surface area (Å²) in [6.45, 7) is 3.44. The fourth-order valence-corrected chi connectivity index (χ4v) is 1.99. The van der Waals surface area contributed by atoms with Crippen molar-refractivity contribution in [1.29, 1.82) is 0 Å². The fraction of sp³-hybridized carbons (Fsp3) is 0.429. The van der Waals surface area contributed by atoms with Gasteiger partial charge in [0, 0.05) is 5.75 Å². The minimum absolute atomic E-state index is 0.321. The monoisotopic (exact) mass is 282 g/mol. The first-order valence-electron chi connectivity index (χ1n) is 6.20. The summed E-state index contributed by atoms with van der Waals surface area (Å²) in [4.78, 5) is 23.0. The van der Waals surface area contributed by atoms with Crippen LogP contribution in [0.15, 0.2) is 30.3 Å². The lowest BCUT2D eigenvalue weighted by Gasteiger charge is -2.14. The number of esters is 1. The van der Waals surface area contributed by atoms with Crippen molar-refractivity contribution in [3.05, 3.63) is 35.9 Å². The largest absolute Gasteiger partial charge is 0.427 e. The van der Waals surface area contributed by atoms with Crippen LogP contribution in [-0.4, -0.2) is 23.8 Å². The molecular formula is C14H18O4S. The van der Waals surface area contributed by atoms with Gasteiger partial charge in [-0.05, 0) is 23.7 Å². The normalized spacial score (nSPS) is 11.7. The van der Waals surface area contributed by atoms with Crippen LogP contribution >= 0.6 is 11.8 Å². The first-order valence-corrected chi connectivity index (χ1v) is 7.18. The van der Waals surface area contributed by atoms with Gasteiger partial charge >= 0.3 is 11.3 Å². The SMILES string of the molecule is CCSC(=O)OCOC(=O)C(CC)c1ccccc1. The average molecular weight is 282 g/mol. The molecule has 0 radical (unpaired) electrons. The highest BCUT2D eigenvalue weighted by Gasteiger charge is 2.20. The van der Waals surface area contributed by atoms with Gasteiger partial charge in [0.05, 0.1) is 5.92 Å². The van der Waals surface area contributed by atoms with Gasteiger partial charge in [0.2, 0.25) is 6.79 Å². The zero-order valence-electron chi connectivity index (χ0n) is 11.1. The van der Waals surface area contributed by atoms with Gasteiger partial charge in [0.15, 0.2) is 0 Å². The van der Waals surface area contributed by atoms with Gasteiger partial charge < -0.3 is 9.47 Å². The van der Waals surface area contributed by atoms with Crippen molar-refractivity contribution in [2.75, 3.05) is 12.5 Å². The summed E-state index contributed by atoms with van der Waals surface area (Å²) in [5.41, 5.74) is 0.907. The maximum absolute atomic E-state index is 11.9. The molecule has 1 atom stereocenters. The molecule has 0 heterocycles. The second-order valence-corrected chi connectivity index (χ2v) is 4.98. The Kier molecular flexibility index (Phi) is 7.03. The molecule has 0 aliphatic rings. The van der Waals surface area contributed by atoms with Gasteiger partial charge in [0.1, 0.15) is 0 Å². The number of hydrogen-bond acceptors (Lipinski definition) is 5. The second-order valence-electron chi connectivity index (χ2n) is 3.78. The first-order chi connectivity index (χ1) is 9.19. The van der Waals surface area contributed by atoms with E-state index in [9.17, 15) is 9.59 Å². The number of carbonyl (C=O) groups is 2. The van der Waals surface area contributed by atoms with Crippen molar-refractivity contribution < 1.29 is 19.1 Å². The molecule has 4 nitrogen and oxygen atoms in total. The summed E-state index contributed by atoms with van der Waals surface area (Å²) in [5.74, 6) is -0.0595. The Morgan fingerprint density at radius 3 is 2.42 bits per heavy atom. The number of hydrogen-bond donors (Lipinski definition) is 0. The van der Waals surface area contributed by atoms with Crippen LogP contribution in [0.4, 0.5) is 4.79 Å². The van der Waals surface area contributed by atoms with Crippen LogP contribution in [-0.2, 0) is 14.3 Å². The molecule has 0 N–H and O–H groups in total. The minimum Gasteiger partial charge on any atom is -0.427 e. The Morgan fingerprint density at radius 1 is 1.16 bits per heavy atom. The molecule has 19 heavy (non-hydrogen) atoms. The summed E-state index contributed by atoms with van der Waals surface area (Å²) in [6, 6.07) is 9.42. The standard InChI is InChI=1S/C14H18O4S/c1-3-12(11-8-6-5-7-9-11)13(15)17-10-18-14(16)19-4-2/h5-9,12H,3-4,10H2,1-2H3. The lowest BCUT2D eigenvalue weighted by Crippen LogP contribution is -2.17. The van der Waals surface area contributed by atoms with Crippen LogP contribution < -0.4 is 0 Å². The van der Waals surface area contributed by atoms with Crippen molar-refractivity contribution in [2.24, 2.45) is 0 Å². The molecule has 5 heteroatoms. The Labute approximate surface area is 117 Å². The molecule has 0 saturated carbocycles. The van der Waals surface area contributed by atoms with E-state index >= 15 is 0 Å². The molecule has 1 aromatic rings. The highest BCUT2D eigenvalue weighted by molar-refractivity contribution is 8.13. The van der Waals surface area contributed by atoms with Crippen LogP contribution in [0.3, 0.4) is 0 Å². The number of carbonyl (C=O) groups excluding carboxylic acids is 2. The molecule has 0 fully saturated rings. The molecule has 0 aromatic heterocycles. The summed E-state index contributed by atoms with van der Waals surface area (Å²) in [6.07, 6.45) is 0.639. The zero-order valence-corrected chi connectivity index (χ0v) is 11.9. The molecule has 104 valence electrons. The summed E-state index contributed by atoms with van der Waals surface area (Å²) >= 11 is 1.04. The second kappa shape index (κ2) is 8.58. The van der Waals surface area contributed by atoms with E-state index in [-0.39, 0.29) is 18.7 Å². The van der Waals surface area contributed by atoms with E-state index < -0.39 is 5.30 Å². The molecule has 1 aromatic carbocycles. The summed E-state index contributed by atoms with van der Waals surface area (Å²) in [5, 5.41) is -0.428. The Bertz CT molecular complexity index is 405. The minimum atomic E-state index is -0.428. The first kappa shape index (κ1) is 15.6. The third-order valence-electron chi connectivity index (χ3n) is 2.53. The average Bonchev–Trinajstić information content (AvgIpc) is 2.41. The maximum atomic E-state index is 11.9. The van der Waals surface area contributed by atoms with Gasteiger partial charge in [-0.2, -0.15) is 0 Å². The molecule has 1 rings (SSSR count). The Hall–Kier alpha value is -1.49. The van der Waals surface area contributed by atoms with E-state index in [1.807, 2.05) is 44.2 Å². The molecule has 0 bridgehead atoms. The molecule has 0 amide bonds. The van der Waals surface area contributed by atoms with Crippen molar-refractivity contribution in [1.82, 2.24) is 0 Å². The number of ether oxygens (including phenoxy) is 2. The van der Waals surface area contributed by atoms with E-state index in [4.69, 9.17) is 9.47 Å². The summed E-state index contributed by atoms with van der Waals surface area (Å²) in [7, 11) is 0. The van der Waals surface area contributed by atoms with Crippen molar-refractivity contribution in [3.63, 3.8) is 0 Å². The zero-order chi connectivity index (χ0) is 14.1. The van der Waals surface area contributed by atoms with E-state index in [1.54, 1.807) is 0 Å². The fourth-order valence-electron chi connectivity index (χ4n) is 1.62. The topological polar surface area (TPSA) is 52.6 Å². The van der Waals surface area contributed by atoms with Crippen LogP contribution in [0.25, 0.3) is 0 Å². The predicted octanol–water partition coefficient (Wildman–Crippen LogP) is 3.57. The van der Waals surface area contributed by atoms with E-state index in [0.717, 1.165) is 17.3 Å². The molecule has 0 aliphatic heterocycles. The van der Waals surface area contributed by atoms with Crippen molar-refractivity contribution >= 4 is 23.0 Å². The third-order valence-corrected chi connectivity index (χ3v) is 3.18. The highest BCUT2D eigenvalue weighted by atomic mass is 32.2. The number of thioether (sulfide) groups is 1. The lowest BCUT2D eigenvalue weighted by molar-refractivity contribution is -0.153. The molecule has 0 spiro atoms. The Balaban J connectivity index is 2.45. The maximum Gasteiger partial charge on any atom is 0.370 e. The van der Waals surface area contributed by atoms with E-state index in [0.29, 0.717) is 12.2 Å². The van der Waals surface area contributed by atoms with Crippen molar-refractivity contribution in [2.45, 2.75) is 26.2 Å². The van der Waals surface area contributed by atoms with E-state index in [1.165, 1.54) is 0 Å². The third kappa shape index (κ3) is 5.34. The summed E-state index contributed by atoms with van der Waals surface area (Å²) < 4.78 is 9.74. The van der Waals surface area contributed by atoms with Crippen LogP contribution in [0, 0.1) is 0 Å². The lowest BCUT2D eigenvalue weighted by atomic mass is 9.97. The van der Waals surface area contributed by atoms with Crippen molar-refractivity contribution in [3.8, 4) is 0 Å². The molecule has 1 unspecified atom stereocenters. The van der Waals surface area contributed by atoms with Gasteiger partial charge in [-0.15, -0.1) is 0 Å². The van der Waals surface area contributed by atoms with Crippen LogP contribution in [0.2, 0.25) is 0 Å². The molecule has 0 aliphatic carbocycles. The smallest absolute Gasteiger partial charge is 0.370 e. The van der Waals surface area contributed by atoms with Gasteiger partial charge in [-0.25, -0.2) is 4.79 Å².